The summed E-state index contributed by atoms with van der Waals surface area (Å²) in [7, 11) is 1.70. The Hall–Kier alpha value is -3.01. The monoisotopic (exact) mass is 374 g/mol. The third kappa shape index (κ3) is 3.96. The van der Waals surface area contributed by atoms with Gasteiger partial charge in [-0.25, -0.2) is 0 Å². The van der Waals surface area contributed by atoms with Crippen molar-refractivity contribution in [1.29, 1.82) is 0 Å². The number of benzene rings is 2. The number of methoxy groups -OCH3 is 1. The Kier molecular flexibility index (Phi) is 5.47. The Balaban J connectivity index is 1.69. The van der Waals surface area contributed by atoms with Gasteiger partial charge in [-0.1, -0.05) is 12.1 Å². The van der Waals surface area contributed by atoms with Crippen LogP contribution >= 0.6 is 0 Å². The Morgan fingerprint density at radius 3 is 2.79 bits per heavy atom. The van der Waals surface area contributed by atoms with Crippen LogP contribution in [0.2, 0.25) is 0 Å². The zero-order valence-electron chi connectivity index (χ0n) is 16.5. The van der Waals surface area contributed by atoms with E-state index in [0.29, 0.717) is 6.61 Å². The van der Waals surface area contributed by atoms with E-state index in [-0.39, 0.29) is 0 Å². The molecular formula is C24H26N2O2. The van der Waals surface area contributed by atoms with Crippen LogP contribution in [-0.2, 0) is 13.0 Å². The molecule has 1 N–H and O–H groups in total. The van der Waals surface area contributed by atoms with Gasteiger partial charge in [0.15, 0.2) is 0 Å². The fraction of sp³-hybridized carbons (Fsp3) is 0.292. The van der Waals surface area contributed by atoms with Crippen molar-refractivity contribution < 1.29 is 9.47 Å². The lowest BCUT2D eigenvalue weighted by Gasteiger charge is -2.17. The number of aryl methyl sites for hydroxylation is 2. The smallest absolute Gasteiger partial charge is 0.131 e. The first-order chi connectivity index (χ1) is 13.7. The highest BCUT2D eigenvalue weighted by molar-refractivity contribution is 5.79. The minimum atomic E-state index is 0.425. The lowest BCUT2D eigenvalue weighted by molar-refractivity contribution is 0.300. The number of nitrogens with zero attached hydrogens (tertiary/aromatic N) is 1. The third-order valence-corrected chi connectivity index (χ3v) is 5.14. The number of pyridine rings is 1. The van der Waals surface area contributed by atoms with E-state index in [1.54, 1.807) is 7.11 Å². The van der Waals surface area contributed by atoms with E-state index in [0.717, 1.165) is 41.3 Å². The van der Waals surface area contributed by atoms with Crippen LogP contribution in [0.3, 0.4) is 0 Å². The third-order valence-electron chi connectivity index (χ3n) is 5.14. The second-order valence-electron chi connectivity index (χ2n) is 7.20. The maximum atomic E-state index is 6.19. The normalized spacial score (nSPS) is 13.2. The summed E-state index contributed by atoms with van der Waals surface area (Å²) >= 11 is 0. The number of aromatic nitrogens is 1. The standard InChI is InChI=1S/C24H26N2O2/c1-17-11-13-25-20(14-17)16-28-23-8-5-7-22(27-2)24(23)19-9-10-21-18(15-19)6-3-4-12-26-21/h5,7-11,13-15,26H,3-4,6,12,16H2,1-2H3. The molecule has 0 saturated carbocycles. The van der Waals surface area contributed by atoms with Crippen LogP contribution in [0.25, 0.3) is 11.1 Å². The minimum Gasteiger partial charge on any atom is -0.496 e. The van der Waals surface area contributed by atoms with Gasteiger partial charge in [0.05, 0.1) is 18.4 Å². The Labute approximate surface area is 166 Å². The van der Waals surface area contributed by atoms with Gasteiger partial charge in [0.1, 0.15) is 18.1 Å². The molecule has 28 heavy (non-hydrogen) atoms. The summed E-state index contributed by atoms with van der Waals surface area (Å²) in [6.07, 6.45) is 5.32. The summed E-state index contributed by atoms with van der Waals surface area (Å²) in [5, 5.41) is 3.53. The van der Waals surface area contributed by atoms with E-state index in [4.69, 9.17) is 9.47 Å². The molecule has 2 heterocycles. The van der Waals surface area contributed by atoms with Crippen LogP contribution in [0.15, 0.2) is 54.7 Å². The molecule has 1 aromatic heterocycles. The second kappa shape index (κ2) is 8.34. The van der Waals surface area contributed by atoms with Gasteiger partial charge in [0, 0.05) is 18.4 Å². The maximum absolute atomic E-state index is 6.19. The molecule has 0 bridgehead atoms. The molecule has 0 unspecified atom stereocenters. The van der Waals surface area contributed by atoms with Crippen molar-refractivity contribution in [3.05, 3.63) is 71.5 Å². The molecule has 0 atom stereocenters. The highest BCUT2D eigenvalue weighted by atomic mass is 16.5. The van der Waals surface area contributed by atoms with Crippen LogP contribution in [0.5, 0.6) is 11.5 Å². The van der Waals surface area contributed by atoms with Crippen LogP contribution < -0.4 is 14.8 Å². The highest BCUT2D eigenvalue weighted by Crippen LogP contribution is 2.40. The predicted molar refractivity (Wildman–Crippen MR) is 113 cm³/mol. The van der Waals surface area contributed by atoms with Gasteiger partial charge in [-0.3, -0.25) is 4.98 Å². The van der Waals surface area contributed by atoms with Gasteiger partial charge in [0.2, 0.25) is 0 Å². The molecule has 144 valence electrons. The van der Waals surface area contributed by atoms with Crippen LogP contribution in [0.4, 0.5) is 5.69 Å². The molecular weight excluding hydrogens is 348 g/mol. The number of ether oxygens (including phenoxy) is 2. The highest BCUT2D eigenvalue weighted by Gasteiger charge is 2.16. The summed E-state index contributed by atoms with van der Waals surface area (Å²) in [5.41, 5.74) is 6.80. The zero-order valence-corrected chi connectivity index (χ0v) is 16.5. The summed E-state index contributed by atoms with van der Waals surface area (Å²) in [6, 6.07) is 16.6. The van der Waals surface area contributed by atoms with Crippen LogP contribution in [-0.4, -0.2) is 18.6 Å². The van der Waals surface area contributed by atoms with Gasteiger partial charge in [-0.2, -0.15) is 0 Å². The molecule has 4 rings (SSSR count). The maximum Gasteiger partial charge on any atom is 0.131 e. The van der Waals surface area contributed by atoms with Crippen molar-refractivity contribution in [3.8, 4) is 22.6 Å². The van der Waals surface area contributed by atoms with E-state index < -0.39 is 0 Å². The van der Waals surface area contributed by atoms with Crippen molar-refractivity contribution in [2.75, 3.05) is 19.0 Å². The molecule has 0 fully saturated rings. The molecule has 2 aromatic carbocycles. The van der Waals surface area contributed by atoms with Crippen molar-refractivity contribution in [2.45, 2.75) is 32.8 Å². The van der Waals surface area contributed by atoms with Gasteiger partial charge in [-0.15, -0.1) is 0 Å². The van der Waals surface area contributed by atoms with E-state index in [1.165, 1.54) is 29.7 Å². The molecule has 4 heteroatoms. The first-order valence-corrected chi connectivity index (χ1v) is 9.83. The number of rotatable bonds is 5. The molecule has 0 saturated heterocycles. The number of fused-ring (bicyclic) bond motifs is 1. The van der Waals surface area contributed by atoms with E-state index in [1.807, 2.05) is 36.5 Å². The fourth-order valence-corrected chi connectivity index (χ4v) is 3.71. The predicted octanol–water partition coefficient (Wildman–Crippen LogP) is 5.39. The second-order valence-corrected chi connectivity index (χ2v) is 7.20. The average molecular weight is 374 g/mol. The van der Waals surface area contributed by atoms with Crippen molar-refractivity contribution in [3.63, 3.8) is 0 Å². The van der Waals surface area contributed by atoms with Crippen molar-refractivity contribution in [2.24, 2.45) is 0 Å². The number of nitrogens with one attached hydrogen (secondary N) is 1. The van der Waals surface area contributed by atoms with E-state index in [9.17, 15) is 0 Å². The van der Waals surface area contributed by atoms with Gasteiger partial charge in [0.25, 0.3) is 0 Å². The van der Waals surface area contributed by atoms with Crippen LogP contribution in [0.1, 0.15) is 29.7 Å². The van der Waals surface area contributed by atoms with Crippen LogP contribution in [0, 0.1) is 6.92 Å². The quantitative estimate of drug-likeness (QED) is 0.650. The molecule has 1 aliphatic heterocycles. The number of anilines is 1. The van der Waals surface area contributed by atoms with E-state index in [2.05, 4.69) is 35.4 Å². The molecule has 3 aromatic rings. The first-order valence-electron chi connectivity index (χ1n) is 9.83. The summed E-state index contributed by atoms with van der Waals surface area (Å²) in [4.78, 5) is 4.40. The first kappa shape index (κ1) is 18.4. The Morgan fingerprint density at radius 1 is 1.04 bits per heavy atom. The van der Waals surface area contributed by atoms with Crippen molar-refractivity contribution >= 4 is 5.69 Å². The fourth-order valence-electron chi connectivity index (χ4n) is 3.71. The Morgan fingerprint density at radius 2 is 1.93 bits per heavy atom. The summed E-state index contributed by atoms with van der Waals surface area (Å²) < 4.78 is 11.9. The topological polar surface area (TPSA) is 43.4 Å². The van der Waals surface area contributed by atoms with Gasteiger partial charge >= 0.3 is 0 Å². The lowest BCUT2D eigenvalue weighted by atomic mass is 9.98. The molecule has 0 radical (unpaired) electrons. The SMILES string of the molecule is COc1cccc(OCc2cc(C)ccn2)c1-c1ccc2c(c1)CCCCN2. The molecule has 0 amide bonds. The zero-order chi connectivity index (χ0) is 19.3. The molecule has 1 aliphatic rings. The largest absolute Gasteiger partial charge is 0.496 e. The van der Waals surface area contributed by atoms with Gasteiger partial charge in [-0.05, 0) is 79.3 Å². The molecule has 0 spiro atoms. The minimum absolute atomic E-state index is 0.425. The van der Waals surface area contributed by atoms with Crippen molar-refractivity contribution in [1.82, 2.24) is 4.98 Å². The summed E-state index contributed by atoms with van der Waals surface area (Å²) in [6.45, 7) is 3.53. The summed E-state index contributed by atoms with van der Waals surface area (Å²) in [5.74, 6) is 1.63. The average Bonchev–Trinajstić information content (AvgIpc) is 2.96. The number of hydrogen-bond acceptors (Lipinski definition) is 4. The molecule has 0 aliphatic carbocycles. The van der Waals surface area contributed by atoms with Gasteiger partial charge < -0.3 is 14.8 Å². The number of hydrogen-bond donors (Lipinski definition) is 1. The Bertz CT molecular complexity index is 969. The lowest BCUT2D eigenvalue weighted by Crippen LogP contribution is -2.02. The van der Waals surface area contributed by atoms with E-state index >= 15 is 0 Å². The molecule has 4 nitrogen and oxygen atoms in total.